The van der Waals surface area contributed by atoms with Crippen LogP contribution in [0.4, 0.5) is 8.78 Å². The number of alkyl halides is 2. The maximum Gasteiger partial charge on any atom is 0.266 e. The molecule has 0 aliphatic rings. The smallest absolute Gasteiger partial charge is 0.266 e. The van der Waals surface area contributed by atoms with Crippen molar-refractivity contribution in [2.24, 2.45) is 0 Å². The molecule has 1 N–H and O–H groups in total. The number of rotatable bonds is 2. The number of para-hydroxylation sites is 1. The van der Waals surface area contributed by atoms with Crippen molar-refractivity contribution in [3.63, 3.8) is 0 Å². The topological polar surface area (TPSA) is 46.3 Å². The Kier molecular flexibility index (Phi) is 2.17. The third-order valence-electron chi connectivity index (χ3n) is 1.86. The molecule has 3 nitrogen and oxygen atoms in total. The Morgan fingerprint density at radius 3 is 2.86 bits per heavy atom. The summed E-state index contributed by atoms with van der Waals surface area (Å²) in [6.45, 7) is -0.392. The zero-order chi connectivity index (χ0) is 10.1. The average molecular weight is 199 g/mol. The van der Waals surface area contributed by atoms with Gasteiger partial charge in [0.15, 0.2) is 5.58 Å². The number of halogens is 2. The second-order valence-corrected chi connectivity index (χ2v) is 2.76. The van der Waals surface area contributed by atoms with Gasteiger partial charge in [0, 0.05) is 5.56 Å². The van der Waals surface area contributed by atoms with Gasteiger partial charge in [0.2, 0.25) is 5.89 Å². The summed E-state index contributed by atoms with van der Waals surface area (Å²) in [5.41, 5.74) is 0.212. The van der Waals surface area contributed by atoms with Crippen LogP contribution in [0.25, 0.3) is 11.1 Å². The average Bonchev–Trinajstić information content (AvgIpc) is 2.59. The molecule has 0 fully saturated rings. The van der Waals surface area contributed by atoms with Gasteiger partial charge in [0.25, 0.3) is 6.43 Å². The van der Waals surface area contributed by atoms with E-state index in [4.69, 9.17) is 9.52 Å². The highest BCUT2D eigenvalue weighted by Crippen LogP contribution is 2.27. The van der Waals surface area contributed by atoms with Gasteiger partial charge < -0.3 is 9.52 Å². The molecule has 0 bridgehead atoms. The molecule has 0 aliphatic heterocycles. The van der Waals surface area contributed by atoms with Gasteiger partial charge in [-0.3, -0.25) is 0 Å². The molecular formula is C9H7F2NO2. The number of aromatic nitrogens is 1. The predicted molar refractivity (Wildman–Crippen MR) is 44.9 cm³/mol. The molecule has 2 aromatic rings. The van der Waals surface area contributed by atoms with Crippen LogP contribution in [0.15, 0.2) is 22.6 Å². The lowest BCUT2D eigenvalue weighted by Gasteiger charge is -1.97. The minimum atomic E-state index is -2.59. The van der Waals surface area contributed by atoms with Crippen molar-refractivity contribution in [2.75, 3.05) is 0 Å². The summed E-state index contributed by atoms with van der Waals surface area (Å²) < 4.78 is 29.9. The van der Waals surface area contributed by atoms with Crippen LogP contribution in [0.1, 0.15) is 17.9 Å². The number of benzene rings is 1. The van der Waals surface area contributed by atoms with Crippen molar-refractivity contribution >= 4 is 11.1 Å². The monoisotopic (exact) mass is 199 g/mol. The number of oxazole rings is 1. The van der Waals surface area contributed by atoms with Gasteiger partial charge in [-0.15, -0.1) is 0 Å². The number of aliphatic hydroxyl groups excluding tert-OH is 1. The fourth-order valence-electron chi connectivity index (χ4n) is 1.26. The molecule has 1 heterocycles. The van der Waals surface area contributed by atoms with E-state index < -0.39 is 13.0 Å². The van der Waals surface area contributed by atoms with Crippen LogP contribution in [0.5, 0.6) is 0 Å². The summed E-state index contributed by atoms with van der Waals surface area (Å²) in [7, 11) is 0. The molecule has 5 heteroatoms. The molecule has 0 aliphatic carbocycles. The third kappa shape index (κ3) is 1.35. The van der Waals surface area contributed by atoms with Gasteiger partial charge >= 0.3 is 0 Å². The van der Waals surface area contributed by atoms with Crippen LogP contribution in [0.3, 0.4) is 0 Å². The Labute approximate surface area is 78.0 Å². The Hall–Kier alpha value is -1.49. The largest absolute Gasteiger partial charge is 0.438 e. The van der Waals surface area contributed by atoms with E-state index in [-0.39, 0.29) is 22.6 Å². The van der Waals surface area contributed by atoms with Crippen LogP contribution in [0, 0.1) is 0 Å². The molecule has 74 valence electrons. The van der Waals surface area contributed by atoms with Crippen LogP contribution < -0.4 is 0 Å². The van der Waals surface area contributed by atoms with Crippen LogP contribution in [0.2, 0.25) is 0 Å². The van der Waals surface area contributed by atoms with Crippen molar-refractivity contribution in [1.82, 2.24) is 4.98 Å². The first-order valence-corrected chi connectivity index (χ1v) is 3.99. The summed E-state index contributed by atoms with van der Waals surface area (Å²) in [5.74, 6) is 0.0492. The molecule has 0 unspecified atom stereocenters. The maximum atomic E-state index is 12.5. The molecule has 0 spiro atoms. The second kappa shape index (κ2) is 3.34. The lowest BCUT2D eigenvalue weighted by Crippen LogP contribution is -1.86. The molecule has 0 radical (unpaired) electrons. The maximum absolute atomic E-state index is 12.5. The number of aliphatic hydroxyl groups is 1. The summed E-state index contributed by atoms with van der Waals surface area (Å²) >= 11 is 0. The molecule has 2 rings (SSSR count). The normalized spacial score (nSPS) is 11.4. The third-order valence-corrected chi connectivity index (χ3v) is 1.86. The highest BCUT2D eigenvalue weighted by Gasteiger charge is 2.15. The van der Waals surface area contributed by atoms with E-state index in [1.54, 1.807) is 0 Å². The van der Waals surface area contributed by atoms with E-state index in [2.05, 4.69) is 4.98 Å². The van der Waals surface area contributed by atoms with E-state index in [9.17, 15) is 8.78 Å². The van der Waals surface area contributed by atoms with E-state index in [1.165, 1.54) is 18.2 Å². The first-order chi connectivity index (χ1) is 6.72. The quantitative estimate of drug-likeness (QED) is 0.806. The van der Waals surface area contributed by atoms with Gasteiger partial charge in [-0.25, -0.2) is 13.8 Å². The van der Waals surface area contributed by atoms with Crippen molar-refractivity contribution in [2.45, 2.75) is 13.0 Å². The molecule has 0 atom stereocenters. The van der Waals surface area contributed by atoms with Crippen LogP contribution in [-0.2, 0) is 6.61 Å². The first kappa shape index (κ1) is 9.08. The molecule has 14 heavy (non-hydrogen) atoms. The highest BCUT2D eigenvalue weighted by molar-refractivity contribution is 5.76. The predicted octanol–water partition coefficient (Wildman–Crippen LogP) is 2.26. The van der Waals surface area contributed by atoms with Crippen molar-refractivity contribution in [1.29, 1.82) is 0 Å². The van der Waals surface area contributed by atoms with E-state index in [0.29, 0.717) is 0 Å². The van der Waals surface area contributed by atoms with Gasteiger partial charge in [0.05, 0.1) is 0 Å². The van der Waals surface area contributed by atoms with Crippen LogP contribution >= 0.6 is 0 Å². The number of fused-ring (bicyclic) bond motifs is 1. The minimum absolute atomic E-state index is 0.0492. The van der Waals surface area contributed by atoms with Crippen LogP contribution in [-0.4, -0.2) is 10.1 Å². The molecule has 1 aromatic carbocycles. The molecule has 1 aromatic heterocycles. The fraction of sp³-hybridized carbons (Fsp3) is 0.222. The van der Waals surface area contributed by atoms with Crippen molar-refractivity contribution < 1.29 is 18.3 Å². The van der Waals surface area contributed by atoms with Gasteiger partial charge in [-0.1, -0.05) is 12.1 Å². The number of nitrogens with zero attached hydrogens (tertiary/aromatic N) is 1. The summed E-state index contributed by atoms with van der Waals surface area (Å²) in [5, 5.41) is 8.72. The Balaban J connectivity index is 2.66. The lowest BCUT2D eigenvalue weighted by molar-refractivity contribution is 0.153. The summed E-state index contributed by atoms with van der Waals surface area (Å²) in [6, 6.07) is 4.29. The zero-order valence-corrected chi connectivity index (χ0v) is 7.08. The first-order valence-electron chi connectivity index (χ1n) is 3.99. The Morgan fingerprint density at radius 1 is 1.43 bits per heavy atom. The van der Waals surface area contributed by atoms with E-state index in [0.717, 1.165) is 0 Å². The Morgan fingerprint density at radius 2 is 2.21 bits per heavy atom. The van der Waals surface area contributed by atoms with Crippen molar-refractivity contribution in [3.05, 3.63) is 29.7 Å². The van der Waals surface area contributed by atoms with Gasteiger partial charge in [-0.2, -0.15) is 0 Å². The summed E-state index contributed by atoms with van der Waals surface area (Å²) in [6.07, 6.45) is -2.59. The Bertz CT molecular complexity index is 453. The van der Waals surface area contributed by atoms with Crippen molar-refractivity contribution in [3.8, 4) is 0 Å². The van der Waals surface area contributed by atoms with E-state index >= 15 is 0 Å². The second-order valence-electron chi connectivity index (χ2n) is 2.76. The zero-order valence-electron chi connectivity index (χ0n) is 7.08. The van der Waals surface area contributed by atoms with E-state index in [1.807, 2.05) is 0 Å². The van der Waals surface area contributed by atoms with Gasteiger partial charge in [-0.05, 0) is 6.07 Å². The minimum Gasteiger partial charge on any atom is -0.438 e. The SMILES string of the molecule is OCc1nc2c(C(F)F)cccc2o1. The fourth-order valence-corrected chi connectivity index (χ4v) is 1.26. The molecular weight excluding hydrogens is 192 g/mol. The van der Waals surface area contributed by atoms with Gasteiger partial charge in [0.1, 0.15) is 12.1 Å². The number of hydrogen-bond acceptors (Lipinski definition) is 3. The lowest BCUT2D eigenvalue weighted by atomic mass is 10.2. The molecule has 0 amide bonds. The number of hydrogen-bond donors (Lipinski definition) is 1. The molecule has 0 saturated heterocycles. The summed E-state index contributed by atoms with van der Waals surface area (Å²) in [4.78, 5) is 3.76. The standard InChI is InChI=1S/C9H7F2NO2/c10-9(11)5-2-1-3-6-8(5)12-7(4-13)14-6/h1-3,9,13H,4H2. The highest BCUT2D eigenvalue weighted by atomic mass is 19.3. The molecule has 0 saturated carbocycles.